The van der Waals surface area contributed by atoms with E-state index in [-0.39, 0.29) is 6.61 Å². The summed E-state index contributed by atoms with van der Waals surface area (Å²) in [6.45, 7) is 1.37. The van der Waals surface area contributed by atoms with Crippen molar-refractivity contribution in [3.8, 4) is 0 Å². The Kier molecular flexibility index (Phi) is 4.67. The summed E-state index contributed by atoms with van der Waals surface area (Å²) in [4.78, 5) is 0. The minimum absolute atomic E-state index is 0.224. The van der Waals surface area contributed by atoms with Crippen LogP contribution in [-0.2, 0) is 10.0 Å². The third-order valence-corrected chi connectivity index (χ3v) is 3.10. The highest BCUT2D eigenvalue weighted by molar-refractivity contribution is 7.92. The van der Waals surface area contributed by atoms with Gasteiger partial charge >= 0.3 is 0 Å². The van der Waals surface area contributed by atoms with Crippen molar-refractivity contribution >= 4 is 16.1 Å². The lowest BCUT2D eigenvalue weighted by molar-refractivity contribution is 0.265. The Labute approximate surface area is 95.7 Å². The molecule has 1 rings (SSSR count). The Bertz CT molecular complexity index is 440. The molecule has 0 aromatic heterocycles. The van der Waals surface area contributed by atoms with Crippen LogP contribution in [0.3, 0.4) is 0 Å². The van der Waals surface area contributed by atoms with Crippen LogP contribution < -0.4 is 4.72 Å². The Morgan fingerprint density at radius 3 is 2.56 bits per heavy atom. The fraction of sp³-hybridized carbons (Fsp3) is 0.273. The van der Waals surface area contributed by atoms with E-state index in [4.69, 9.17) is 5.11 Å². The molecule has 0 amide bonds. The zero-order valence-electron chi connectivity index (χ0n) is 9.00. The Morgan fingerprint density at radius 1 is 1.38 bits per heavy atom. The van der Waals surface area contributed by atoms with Gasteiger partial charge in [0.15, 0.2) is 0 Å². The molecule has 0 fully saturated rings. The van der Waals surface area contributed by atoms with E-state index < -0.39 is 16.1 Å². The molecular formula is C11H15NO3S. The van der Waals surface area contributed by atoms with E-state index in [1.54, 1.807) is 6.92 Å². The van der Waals surface area contributed by atoms with E-state index in [1.165, 1.54) is 6.08 Å². The Balaban J connectivity index is 2.70. The molecule has 0 saturated carbocycles. The molecule has 1 atom stereocenters. The van der Waals surface area contributed by atoms with Crippen LogP contribution in [-0.4, -0.2) is 26.2 Å². The van der Waals surface area contributed by atoms with Gasteiger partial charge in [-0.05, 0) is 18.6 Å². The maximum Gasteiger partial charge on any atom is 0.234 e. The summed E-state index contributed by atoms with van der Waals surface area (Å²) in [6, 6.07) is 8.65. The van der Waals surface area contributed by atoms with Crippen LogP contribution in [0.25, 0.3) is 6.08 Å². The third kappa shape index (κ3) is 4.57. The average molecular weight is 241 g/mol. The first-order valence-electron chi connectivity index (χ1n) is 4.90. The summed E-state index contributed by atoms with van der Waals surface area (Å²) in [5.41, 5.74) is 0.810. The SMILES string of the molecule is CC(CO)NS(=O)(=O)/C=C/c1ccccc1. The van der Waals surface area contributed by atoms with Gasteiger partial charge in [-0.3, -0.25) is 0 Å². The minimum atomic E-state index is -3.48. The van der Waals surface area contributed by atoms with Crippen molar-refractivity contribution in [2.24, 2.45) is 0 Å². The first-order chi connectivity index (χ1) is 7.53. The van der Waals surface area contributed by atoms with Gasteiger partial charge in [0.2, 0.25) is 10.0 Å². The molecular weight excluding hydrogens is 226 g/mol. The first kappa shape index (κ1) is 12.9. The molecule has 0 spiro atoms. The van der Waals surface area contributed by atoms with Gasteiger partial charge in [-0.15, -0.1) is 0 Å². The summed E-state index contributed by atoms with van der Waals surface area (Å²) in [5, 5.41) is 9.82. The van der Waals surface area contributed by atoms with Gasteiger partial charge in [-0.25, -0.2) is 13.1 Å². The molecule has 0 aliphatic heterocycles. The van der Waals surface area contributed by atoms with E-state index in [1.807, 2.05) is 30.3 Å². The molecule has 88 valence electrons. The second kappa shape index (κ2) is 5.79. The van der Waals surface area contributed by atoms with Gasteiger partial charge in [0.1, 0.15) is 0 Å². The van der Waals surface area contributed by atoms with Crippen LogP contribution >= 0.6 is 0 Å². The predicted molar refractivity (Wildman–Crippen MR) is 64.1 cm³/mol. The highest BCUT2D eigenvalue weighted by Crippen LogP contribution is 2.02. The lowest BCUT2D eigenvalue weighted by Crippen LogP contribution is -2.33. The van der Waals surface area contributed by atoms with Gasteiger partial charge < -0.3 is 5.11 Å². The summed E-state index contributed by atoms with van der Waals surface area (Å²) >= 11 is 0. The second-order valence-electron chi connectivity index (χ2n) is 3.46. The van der Waals surface area contributed by atoms with Crippen molar-refractivity contribution in [3.63, 3.8) is 0 Å². The normalized spacial score (nSPS) is 14.1. The fourth-order valence-corrected chi connectivity index (χ4v) is 2.14. The van der Waals surface area contributed by atoms with E-state index in [9.17, 15) is 8.42 Å². The smallest absolute Gasteiger partial charge is 0.234 e. The van der Waals surface area contributed by atoms with Crippen molar-refractivity contribution in [1.82, 2.24) is 4.72 Å². The fourth-order valence-electron chi connectivity index (χ4n) is 1.09. The lowest BCUT2D eigenvalue weighted by Gasteiger charge is -2.07. The van der Waals surface area contributed by atoms with Crippen molar-refractivity contribution in [2.75, 3.05) is 6.61 Å². The maximum absolute atomic E-state index is 11.5. The van der Waals surface area contributed by atoms with Crippen LogP contribution in [0, 0.1) is 0 Å². The molecule has 1 unspecified atom stereocenters. The standard InChI is InChI=1S/C11H15NO3S/c1-10(9-13)12-16(14,15)8-7-11-5-3-2-4-6-11/h2-8,10,12-13H,9H2,1H3/b8-7+. The molecule has 1 aromatic carbocycles. The predicted octanol–water partition coefficient (Wildman–Crippen LogP) is 0.958. The van der Waals surface area contributed by atoms with Crippen LogP contribution in [0.15, 0.2) is 35.7 Å². The summed E-state index contributed by atoms with van der Waals surface area (Å²) in [7, 11) is -3.48. The molecule has 0 saturated heterocycles. The minimum Gasteiger partial charge on any atom is -0.395 e. The number of rotatable bonds is 5. The number of hydrogen-bond acceptors (Lipinski definition) is 3. The van der Waals surface area contributed by atoms with Crippen LogP contribution in [0.2, 0.25) is 0 Å². The summed E-state index contributed by atoms with van der Waals surface area (Å²) in [6.07, 6.45) is 1.51. The van der Waals surface area contributed by atoms with Crippen LogP contribution in [0.1, 0.15) is 12.5 Å². The largest absolute Gasteiger partial charge is 0.395 e. The molecule has 5 heteroatoms. The first-order valence-corrected chi connectivity index (χ1v) is 6.44. The second-order valence-corrected chi connectivity index (χ2v) is 5.06. The molecule has 0 bridgehead atoms. The number of aliphatic hydroxyl groups is 1. The van der Waals surface area contributed by atoms with Gasteiger partial charge in [-0.2, -0.15) is 0 Å². The topological polar surface area (TPSA) is 66.4 Å². The van der Waals surface area contributed by atoms with Crippen molar-refractivity contribution in [3.05, 3.63) is 41.3 Å². The molecule has 0 aliphatic carbocycles. The zero-order valence-corrected chi connectivity index (χ0v) is 9.81. The highest BCUT2D eigenvalue weighted by Gasteiger charge is 2.09. The maximum atomic E-state index is 11.5. The highest BCUT2D eigenvalue weighted by atomic mass is 32.2. The van der Waals surface area contributed by atoms with Crippen LogP contribution in [0.5, 0.6) is 0 Å². The molecule has 16 heavy (non-hydrogen) atoms. The number of hydrogen-bond donors (Lipinski definition) is 2. The van der Waals surface area contributed by atoms with Gasteiger partial charge in [0.25, 0.3) is 0 Å². The average Bonchev–Trinajstić information content (AvgIpc) is 2.27. The van der Waals surface area contributed by atoms with Gasteiger partial charge in [0.05, 0.1) is 6.61 Å². The number of nitrogens with one attached hydrogen (secondary N) is 1. The van der Waals surface area contributed by atoms with Gasteiger partial charge in [-0.1, -0.05) is 30.3 Å². The number of sulfonamides is 1. The van der Waals surface area contributed by atoms with Crippen molar-refractivity contribution in [1.29, 1.82) is 0 Å². The molecule has 0 heterocycles. The zero-order chi connectivity index (χ0) is 12.0. The Morgan fingerprint density at radius 2 is 2.00 bits per heavy atom. The van der Waals surface area contributed by atoms with Crippen LogP contribution in [0.4, 0.5) is 0 Å². The molecule has 0 radical (unpaired) electrons. The number of aliphatic hydroxyl groups excluding tert-OH is 1. The summed E-state index contributed by atoms with van der Waals surface area (Å²) in [5.74, 6) is 0. The summed E-state index contributed by atoms with van der Waals surface area (Å²) < 4.78 is 25.2. The van der Waals surface area contributed by atoms with E-state index in [0.29, 0.717) is 0 Å². The van der Waals surface area contributed by atoms with Crippen molar-refractivity contribution < 1.29 is 13.5 Å². The van der Waals surface area contributed by atoms with E-state index in [0.717, 1.165) is 11.0 Å². The van der Waals surface area contributed by atoms with Gasteiger partial charge in [0, 0.05) is 11.4 Å². The van der Waals surface area contributed by atoms with Crippen molar-refractivity contribution in [2.45, 2.75) is 13.0 Å². The quantitative estimate of drug-likeness (QED) is 0.807. The Hall–Kier alpha value is -1.17. The molecule has 4 nitrogen and oxygen atoms in total. The third-order valence-electron chi connectivity index (χ3n) is 1.88. The monoisotopic (exact) mass is 241 g/mol. The van der Waals surface area contributed by atoms with E-state index >= 15 is 0 Å². The molecule has 2 N–H and O–H groups in total. The molecule has 0 aliphatic rings. The lowest BCUT2D eigenvalue weighted by atomic mass is 10.2. The van der Waals surface area contributed by atoms with E-state index in [2.05, 4.69) is 4.72 Å². The number of benzene rings is 1. The molecule has 1 aromatic rings.